The van der Waals surface area contributed by atoms with E-state index in [0.717, 1.165) is 16.0 Å². The second-order valence-corrected chi connectivity index (χ2v) is 6.60. The Kier molecular flexibility index (Phi) is 4.53. The lowest BCUT2D eigenvalue weighted by Crippen LogP contribution is -2.27. The molecule has 126 valence electrons. The number of nitrogens with zero attached hydrogens (tertiary/aromatic N) is 3. The molecule has 0 fully saturated rings. The Balaban J connectivity index is 1.72. The average molecular weight is 357 g/mol. The Bertz CT molecular complexity index is 990. The third kappa shape index (κ3) is 3.38. The van der Waals surface area contributed by atoms with Crippen LogP contribution >= 0.6 is 11.3 Å². The van der Waals surface area contributed by atoms with E-state index >= 15 is 0 Å². The fourth-order valence-corrected chi connectivity index (χ4v) is 3.21. The van der Waals surface area contributed by atoms with Gasteiger partial charge in [0, 0.05) is 10.4 Å². The molecule has 5 heteroatoms. The molecule has 0 bridgehead atoms. The van der Waals surface area contributed by atoms with Crippen LogP contribution in [0.15, 0.2) is 94.0 Å². The van der Waals surface area contributed by atoms with Crippen molar-refractivity contribution in [2.45, 2.75) is 0 Å². The molecule has 2 heterocycles. The summed E-state index contributed by atoms with van der Waals surface area (Å²) in [4.78, 5) is 18.4. The molecule has 1 aromatic heterocycles. The molecular formula is C21H15N3OS. The van der Waals surface area contributed by atoms with Gasteiger partial charge < -0.3 is 0 Å². The summed E-state index contributed by atoms with van der Waals surface area (Å²) in [5.41, 5.74) is 2.15. The van der Waals surface area contributed by atoms with Crippen molar-refractivity contribution < 1.29 is 4.79 Å². The molecule has 1 aliphatic rings. The first-order chi connectivity index (χ1) is 12.8. The molecule has 0 spiro atoms. The molecule has 4 nitrogen and oxygen atoms in total. The smallest absolute Gasteiger partial charge is 0.265 e. The molecule has 0 aliphatic carbocycles. The van der Waals surface area contributed by atoms with Crippen molar-refractivity contribution in [3.8, 4) is 0 Å². The number of carbonyl (C=O) groups excluding carboxylic acids is 1. The van der Waals surface area contributed by atoms with E-state index in [4.69, 9.17) is 0 Å². The van der Waals surface area contributed by atoms with Crippen LogP contribution in [-0.2, 0) is 4.79 Å². The highest BCUT2D eigenvalue weighted by Gasteiger charge is 2.31. The number of benzene rings is 2. The Labute approximate surface area is 155 Å². The number of amidine groups is 1. The van der Waals surface area contributed by atoms with Gasteiger partial charge in [0.1, 0.15) is 5.70 Å². The zero-order chi connectivity index (χ0) is 17.8. The molecule has 0 saturated carbocycles. The summed E-state index contributed by atoms with van der Waals surface area (Å²) in [5, 5.41) is 7.74. The van der Waals surface area contributed by atoms with Crippen LogP contribution in [0.4, 0.5) is 0 Å². The van der Waals surface area contributed by atoms with Gasteiger partial charge in [-0.15, -0.1) is 11.3 Å². The minimum absolute atomic E-state index is 0.232. The van der Waals surface area contributed by atoms with Crippen LogP contribution in [0.2, 0.25) is 0 Å². The fourth-order valence-electron chi connectivity index (χ4n) is 2.56. The summed E-state index contributed by atoms with van der Waals surface area (Å²) in [6.45, 7) is 0. The second kappa shape index (κ2) is 7.29. The molecule has 2 aromatic carbocycles. The number of amides is 1. The van der Waals surface area contributed by atoms with Gasteiger partial charge >= 0.3 is 0 Å². The van der Waals surface area contributed by atoms with Crippen molar-refractivity contribution in [3.05, 3.63) is 99.9 Å². The van der Waals surface area contributed by atoms with Crippen molar-refractivity contribution in [2.75, 3.05) is 0 Å². The number of hydrazone groups is 1. The van der Waals surface area contributed by atoms with E-state index in [2.05, 4.69) is 10.1 Å². The number of hydrogen-bond acceptors (Lipinski definition) is 4. The summed E-state index contributed by atoms with van der Waals surface area (Å²) in [7, 11) is 0. The highest BCUT2D eigenvalue weighted by atomic mass is 32.1. The second-order valence-electron chi connectivity index (χ2n) is 5.62. The van der Waals surface area contributed by atoms with Gasteiger partial charge in [0.05, 0.1) is 6.21 Å². The fraction of sp³-hybridized carbons (Fsp3) is 0. The highest BCUT2D eigenvalue weighted by molar-refractivity contribution is 7.10. The number of thiophene rings is 1. The maximum atomic E-state index is 12.9. The normalized spacial score (nSPS) is 15.8. The summed E-state index contributed by atoms with van der Waals surface area (Å²) in [5.74, 6) is 0.301. The van der Waals surface area contributed by atoms with Gasteiger partial charge in [-0.1, -0.05) is 66.7 Å². The van der Waals surface area contributed by atoms with E-state index in [1.54, 1.807) is 23.6 Å². The van der Waals surface area contributed by atoms with E-state index in [-0.39, 0.29) is 5.91 Å². The number of hydrogen-bond donors (Lipinski definition) is 0. The van der Waals surface area contributed by atoms with Crippen LogP contribution in [0.1, 0.15) is 16.0 Å². The molecular weight excluding hydrogens is 342 g/mol. The predicted octanol–water partition coefficient (Wildman–Crippen LogP) is 4.41. The molecule has 0 radical (unpaired) electrons. The van der Waals surface area contributed by atoms with Gasteiger partial charge in [-0.2, -0.15) is 10.1 Å². The summed E-state index contributed by atoms with van der Waals surface area (Å²) in [6.07, 6.45) is 3.47. The van der Waals surface area contributed by atoms with Crippen LogP contribution in [0.25, 0.3) is 6.08 Å². The number of carbonyl (C=O) groups is 1. The van der Waals surface area contributed by atoms with Crippen molar-refractivity contribution >= 4 is 35.4 Å². The molecule has 0 unspecified atom stereocenters. The van der Waals surface area contributed by atoms with Crippen LogP contribution in [0.5, 0.6) is 0 Å². The van der Waals surface area contributed by atoms with Crippen LogP contribution < -0.4 is 0 Å². The van der Waals surface area contributed by atoms with Gasteiger partial charge in [-0.25, -0.2) is 4.99 Å². The molecule has 1 amide bonds. The first-order valence-electron chi connectivity index (χ1n) is 8.14. The van der Waals surface area contributed by atoms with Gasteiger partial charge in [-0.3, -0.25) is 4.79 Å². The van der Waals surface area contributed by atoms with E-state index in [0.29, 0.717) is 11.5 Å². The Morgan fingerprint density at radius 3 is 2.35 bits per heavy atom. The SMILES string of the molecule is O=C1C(=Cc2cccs2)N=C(c2ccccc2)N1/N=C\c1ccccc1. The molecule has 0 atom stereocenters. The monoisotopic (exact) mass is 357 g/mol. The zero-order valence-electron chi connectivity index (χ0n) is 13.8. The third-order valence-electron chi connectivity index (χ3n) is 3.81. The van der Waals surface area contributed by atoms with Crippen molar-refractivity contribution in [2.24, 2.45) is 10.1 Å². The lowest BCUT2D eigenvalue weighted by Gasteiger charge is -2.11. The number of aliphatic imine (C=N–C) groups is 1. The largest absolute Gasteiger partial charge is 0.298 e. The summed E-state index contributed by atoms with van der Waals surface area (Å²) < 4.78 is 0. The lowest BCUT2D eigenvalue weighted by atomic mass is 10.2. The maximum Gasteiger partial charge on any atom is 0.298 e. The van der Waals surface area contributed by atoms with E-state index in [1.165, 1.54) is 5.01 Å². The van der Waals surface area contributed by atoms with Gasteiger partial charge in [0.2, 0.25) is 0 Å². The first kappa shape index (κ1) is 16.2. The molecule has 1 aliphatic heterocycles. The van der Waals surface area contributed by atoms with Crippen molar-refractivity contribution in [1.82, 2.24) is 5.01 Å². The van der Waals surface area contributed by atoms with E-state index in [1.807, 2.05) is 78.2 Å². The molecule has 3 aromatic rings. The lowest BCUT2D eigenvalue weighted by molar-refractivity contribution is -0.122. The molecule has 26 heavy (non-hydrogen) atoms. The average Bonchev–Trinajstić information content (AvgIpc) is 3.31. The molecule has 4 rings (SSSR count). The standard InChI is InChI=1S/C21H15N3OS/c25-21-19(14-18-12-7-13-26-18)23-20(17-10-5-2-6-11-17)24(21)22-15-16-8-3-1-4-9-16/h1-15H/b19-14?,22-15-. The van der Waals surface area contributed by atoms with Gasteiger partial charge in [0.25, 0.3) is 5.91 Å². The van der Waals surface area contributed by atoms with Crippen molar-refractivity contribution in [1.29, 1.82) is 0 Å². The first-order valence-corrected chi connectivity index (χ1v) is 9.02. The third-order valence-corrected chi connectivity index (χ3v) is 4.63. The van der Waals surface area contributed by atoms with Crippen LogP contribution in [0.3, 0.4) is 0 Å². The molecule has 0 saturated heterocycles. The van der Waals surface area contributed by atoms with Crippen LogP contribution in [0, 0.1) is 0 Å². The highest BCUT2D eigenvalue weighted by Crippen LogP contribution is 2.23. The number of rotatable bonds is 4. The Morgan fingerprint density at radius 1 is 0.923 bits per heavy atom. The Hall–Kier alpha value is -3.31. The van der Waals surface area contributed by atoms with Gasteiger partial charge in [-0.05, 0) is 23.1 Å². The van der Waals surface area contributed by atoms with E-state index < -0.39 is 0 Å². The summed E-state index contributed by atoms with van der Waals surface area (Å²) in [6, 6.07) is 23.2. The van der Waals surface area contributed by atoms with Crippen molar-refractivity contribution in [3.63, 3.8) is 0 Å². The maximum absolute atomic E-state index is 12.9. The minimum Gasteiger partial charge on any atom is -0.265 e. The summed E-state index contributed by atoms with van der Waals surface area (Å²) >= 11 is 1.57. The topological polar surface area (TPSA) is 45.0 Å². The Morgan fingerprint density at radius 2 is 1.65 bits per heavy atom. The minimum atomic E-state index is -0.232. The van der Waals surface area contributed by atoms with Crippen LogP contribution in [-0.4, -0.2) is 23.0 Å². The quantitative estimate of drug-likeness (QED) is 0.504. The van der Waals surface area contributed by atoms with Gasteiger partial charge in [0.15, 0.2) is 5.84 Å². The zero-order valence-corrected chi connectivity index (χ0v) is 14.6. The predicted molar refractivity (Wildman–Crippen MR) is 106 cm³/mol. The van der Waals surface area contributed by atoms with E-state index in [9.17, 15) is 4.79 Å². The molecule has 0 N–H and O–H groups in total.